The van der Waals surface area contributed by atoms with Crippen molar-refractivity contribution in [2.75, 3.05) is 0 Å². The molecule has 0 fully saturated rings. The fraction of sp³-hybridized carbons (Fsp3) is 0. The highest BCUT2D eigenvalue weighted by molar-refractivity contribution is 6.29. The Morgan fingerprint density at radius 1 is 0.327 bits per heavy atom. The second kappa shape index (κ2) is 9.93. The van der Waals surface area contributed by atoms with Crippen molar-refractivity contribution in [3.63, 3.8) is 0 Å². The summed E-state index contributed by atoms with van der Waals surface area (Å²) in [6, 6.07) is 57.3. The molecule has 11 aromatic rings. The van der Waals surface area contributed by atoms with Gasteiger partial charge < -0.3 is 13.7 Å². The highest BCUT2D eigenvalue weighted by Gasteiger charge is 2.21. The number of hydrogen-bond acceptors (Lipinski definition) is 1. The largest absolute Gasteiger partial charge is 0.309 e. The molecule has 0 spiro atoms. The molecule has 0 saturated heterocycles. The third kappa shape index (κ3) is 3.66. The summed E-state index contributed by atoms with van der Waals surface area (Å²) in [7, 11) is 0. The lowest BCUT2D eigenvalue weighted by Gasteiger charge is -2.11. The maximum absolute atomic E-state index is 4.55. The molecule has 0 unspecified atom stereocenters. The number of benzene rings is 7. The van der Waals surface area contributed by atoms with Gasteiger partial charge in [0.05, 0.1) is 33.1 Å². The summed E-state index contributed by atoms with van der Waals surface area (Å²) in [5.41, 5.74) is 10.6. The van der Waals surface area contributed by atoms with E-state index in [1.165, 1.54) is 71.0 Å². The molecule has 0 N–H and O–H groups in total. The molecule has 49 heavy (non-hydrogen) atoms. The van der Waals surface area contributed by atoms with Gasteiger partial charge in [0.2, 0.25) is 0 Å². The zero-order valence-electron chi connectivity index (χ0n) is 26.5. The Labute approximate surface area is 281 Å². The van der Waals surface area contributed by atoms with Crippen molar-refractivity contribution in [2.45, 2.75) is 0 Å². The lowest BCUT2D eigenvalue weighted by atomic mass is 10.1. The van der Waals surface area contributed by atoms with Crippen LogP contribution >= 0.6 is 0 Å². The van der Waals surface area contributed by atoms with Crippen molar-refractivity contribution in [1.82, 2.24) is 18.7 Å². The van der Waals surface area contributed by atoms with Gasteiger partial charge in [0.15, 0.2) is 0 Å². The van der Waals surface area contributed by atoms with E-state index in [9.17, 15) is 0 Å². The quantitative estimate of drug-likeness (QED) is 0.192. The second-order valence-corrected chi connectivity index (χ2v) is 12.9. The molecule has 11 rings (SSSR count). The minimum Gasteiger partial charge on any atom is -0.309 e. The monoisotopic (exact) mass is 624 g/mol. The summed E-state index contributed by atoms with van der Waals surface area (Å²) in [5, 5.41) is 9.87. The van der Waals surface area contributed by atoms with Crippen LogP contribution in [0.25, 0.3) is 93.3 Å². The molecule has 4 heteroatoms. The van der Waals surface area contributed by atoms with Gasteiger partial charge in [-0.1, -0.05) is 84.9 Å². The molecule has 0 aliphatic heterocycles. The molecule has 4 aromatic heterocycles. The molecule has 4 heterocycles. The van der Waals surface area contributed by atoms with Crippen LogP contribution in [0, 0.1) is 0 Å². The van der Waals surface area contributed by atoms with E-state index in [1.807, 2.05) is 12.4 Å². The zero-order valence-corrected chi connectivity index (χ0v) is 26.5. The third-order valence-electron chi connectivity index (χ3n) is 10.3. The maximum atomic E-state index is 4.55. The Morgan fingerprint density at radius 2 is 0.857 bits per heavy atom. The average molecular weight is 625 g/mol. The van der Waals surface area contributed by atoms with E-state index in [0.29, 0.717) is 0 Å². The van der Waals surface area contributed by atoms with E-state index >= 15 is 0 Å². The van der Waals surface area contributed by atoms with E-state index in [4.69, 9.17) is 0 Å². The summed E-state index contributed by atoms with van der Waals surface area (Å²) in [4.78, 5) is 4.55. The average Bonchev–Trinajstić information content (AvgIpc) is 3.80. The van der Waals surface area contributed by atoms with Crippen molar-refractivity contribution in [3.8, 4) is 17.1 Å². The number of pyridine rings is 1. The topological polar surface area (TPSA) is 27.7 Å². The summed E-state index contributed by atoms with van der Waals surface area (Å²) >= 11 is 0. The van der Waals surface area contributed by atoms with Crippen LogP contribution in [0.5, 0.6) is 0 Å². The molecule has 0 bridgehead atoms. The van der Waals surface area contributed by atoms with E-state index in [1.54, 1.807) is 0 Å². The standard InChI is InChI=1S/C45H28N4/c1-2-12-31(13-3-1)47-40-21-20-33(27-36(40)37-28-46-25-24-41(37)47)49-39-17-9-7-15-35(39)45-43(49)23-22-42-44(45)34-14-6-8-16-38(34)48(42)32-19-18-29-10-4-5-11-30(29)26-32/h1-28H. The molecule has 0 saturated carbocycles. The summed E-state index contributed by atoms with van der Waals surface area (Å²) in [6.07, 6.45) is 3.88. The molecule has 0 atom stereocenters. The van der Waals surface area contributed by atoms with Crippen molar-refractivity contribution in [2.24, 2.45) is 0 Å². The predicted molar refractivity (Wildman–Crippen MR) is 205 cm³/mol. The van der Waals surface area contributed by atoms with Gasteiger partial charge in [0.25, 0.3) is 0 Å². The smallest absolute Gasteiger partial charge is 0.0571 e. The number of aromatic nitrogens is 4. The molecule has 228 valence electrons. The minimum absolute atomic E-state index is 1.13. The fourth-order valence-electron chi connectivity index (χ4n) is 8.24. The van der Waals surface area contributed by atoms with Crippen LogP contribution in [0.2, 0.25) is 0 Å². The summed E-state index contributed by atoms with van der Waals surface area (Å²) in [6.45, 7) is 0. The Kier molecular flexibility index (Phi) is 5.35. The molecule has 4 nitrogen and oxygen atoms in total. The van der Waals surface area contributed by atoms with Crippen LogP contribution in [0.4, 0.5) is 0 Å². The first-order chi connectivity index (χ1) is 24.3. The maximum Gasteiger partial charge on any atom is 0.0571 e. The Balaban J connectivity index is 1.23. The van der Waals surface area contributed by atoms with Crippen LogP contribution < -0.4 is 0 Å². The Morgan fingerprint density at radius 3 is 1.59 bits per heavy atom. The lowest BCUT2D eigenvalue weighted by molar-refractivity contribution is 1.16. The van der Waals surface area contributed by atoms with Gasteiger partial charge >= 0.3 is 0 Å². The molecular weight excluding hydrogens is 597 g/mol. The first kappa shape index (κ1) is 26.4. The Hall–Kier alpha value is -6.65. The van der Waals surface area contributed by atoms with E-state index in [-0.39, 0.29) is 0 Å². The lowest BCUT2D eigenvalue weighted by Crippen LogP contribution is -1.96. The van der Waals surface area contributed by atoms with E-state index in [0.717, 1.165) is 22.3 Å². The summed E-state index contributed by atoms with van der Waals surface area (Å²) < 4.78 is 7.21. The first-order valence-electron chi connectivity index (χ1n) is 16.7. The predicted octanol–water partition coefficient (Wildman–Crippen LogP) is 11.5. The second-order valence-electron chi connectivity index (χ2n) is 12.9. The van der Waals surface area contributed by atoms with Gasteiger partial charge in [-0.2, -0.15) is 0 Å². The van der Waals surface area contributed by atoms with Gasteiger partial charge in [0, 0.05) is 61.8 Å². The molecule has 0 aliphatic rings. The van der Waals surface area contributed by atoms with Crippen molar-refractivity contribution < 1.29 is 0 Å². The van der Waals surface area contributed by atoms with Gasteiger partial charge in [-0.05, 0) is 83.6 Å². The first-order valence-corrected chi connectivity index (χ1v) is 16.7. The van der Waals surface area contributed by atoms with Gasteiger partial charge in [-0.3, -0.25) is 4.98 Å². The number of fused-ring (bicyclic) bond motifs is 11. The van der Waals surface area contributed by atoms with Crippen molar-refractivity contribution in [1.29, 1.82) is 0 Å². The van der Waals surface area contributed by atoms with Crippen molar-refractivity contribution in [3.05, 3.63) is 170 Å². The summed E-state index contributed by atoms with van der Waals surface area (Å²) in [5.74, 6) is 0. The number of hydrogen-bond donors (Lipinski definition) is 0. The van der Waals surface area contributed by atoms with Crippen LogP contribution in [0.1, 0.15) is 0 Å². The highest BCUT2D eigenvalue weighted by atomic mass is 15.0. The third-order valence-corrected chi connectivity index (χ3v) is 10.3. The highest BCUT2D eigenvalue weighted by Crippen LogP contribution is 2.43. The molecular formula is C45H28N4. The van der Waals surface area contributed by atoms with Gasteiger partial charge in [0.1, 0.15) is 0 Å². The normalized spacial score (nSPS) is 12.1. The molecule has 0 aliphatic carbocycles. The van der Waals surface area contributed by atoms with Crippen LogP contribution in [-0.4, -0.2) is 18.7 Å². The van der Waals surface area contributed by atoms with E-state index < -0.39 is 0 Å². The van der Waals surface area contributed by atoms with Crippen LogP contribution in [-0.2, 0) is 0 Å². The SMILES string of the molecule is c1ccc(-n2c3ccncc3c3cc(-n4c5ccccc5c5c6c7ccccc7n(-c7ccc8ccccc8c7)c6ccc54)ccc32)cc1. The number of para-hydroxylation sites is 3. The van der Waals surface area contributed by atoms with Gasteiger partial charge in [-0.25, -0.2) is 0 Å². The fourth-order valence-corrected chi connectivity index (χ4v) is 8.24. The van der Waals surface area contributed by atoms with Crippen molar-refractivity contribution >= 4 is 76.2 Å². The van der Waals surface area contributed by atoms with Crippen LogP contribution in [0.3, 0.4) is 0 Å². The molecule has 0 amide bonds. The zero-order chi connectivity index (χ0) is 32.1. The number of nitrogens with zero attached hydrogens (tertiary/aromatic N) is 4. The molecule has 0 radical (unpaired) electrons. The number of rotatable bonds is 3. The van der Waals surface area contributed by atoms with Gasteiger partial charge in [-0.15, -0.1) is 0 Å². The van der Waals surface area contributed by atoms with Crippen LogP contribution in [0.15, 0.2) is 170 Å². The molecule has 7 aromatic carbocycles. The van der Waals surface area contributed by atoms with E-state index in [2.05, 4.69) is 176 Å². The Bertz CT molecular complexity index is 3100. The minimum atomic E-state index is 1.13.